The first-order chi connectivity index (χ1) is 16.9. The number of ketones is 1. The van der Waals surface area contributed by atoms with Crippen LogP contribution in [0.4, 0.5) is 0 Å². The van der Waals surface area contributed by atoms with Gasteiger partial charge in [0.25, 0.3) is 0 Å². The van der Waals surface area contributed by atoms with Gasteiger partial charge in [-0.05, 0) is 36.4 Å². The molecule has 0 amide bonds. The Hall–Kier alpha value is -4.53. The molecule has 0 fully saturated rings. The summed E-state index contributed by atoms with van der Waals surface area (Å²) in [5.74, 6) is 0.0229. The Kier molecular flexibility index (Phi) is 6.33. The zero-order valence-corrected chi connectivity index (χ0v) is 19.8. The van der Waals surface area contributed by atoms with Gasteiger partial charge in [-0.25, -0.2) is 0 Å². The maximum absolute atomic E-state index is 13.8. The molecule has 0 aliphatic heterocycles. The van der Waals surface area contributed by atoms with Crippen LogP contribution >= 0.6 is 0 Å². The second-order valence-electron chi connectivity index (χ2n) is 7.42. The second-order valence-corrected chi connectivity index (χ2v) is 7.42. The van der Waals surface area contributed by atoms with Crippen LogP contribution in [0.1, 0.15) is 16.1 Å². The van der Waals surface area contributed by atoms with Crippen LogP contribution in [0.3, 0.4) is 0 Å². The van der Waals surface area contributed by atoms with E-state index < -0.39 is 17.3 Å². The molecule has 0 aliphatic rings. The van der Waals surface area contributed by atoms with Crippen LogP contribution in [-0.2, 0) is 0 Å². The van der Waals surface area contributed by atoms with E-state index >= 15 is 0 Å². The van der Waals surface area contributed by atoms with Gasteiger partial charge in [-0.3, -0.25) is 4.79 Å². The maximum Gasteiger partial charge on any atom is 0.229 e. The summed E-state index contributed by atoms with van der Waals surface area (Å²) in [6.07, 6.45) is 0. The van der Waals surface area contributed by atoms with E-state index in [4.69, 9.17) is 28.1 Å². The zero-order chi connectivity index (χ0) is 25.3. The lowest BCUT2D eigenvalue weighted by Crippen LogP contribution is -2.04. The van der Waals surface area contributed by atoms with Crippen molar-refractivity contribution < 1.29 is 43.1 Å². The minimum atomic E-state index is -0.510. The molecule has 9 heteroatoms. The Balaban J connectivity index is 2.00. The fourth-order valence-corrected chi connectivity index (χ4v) is 3.90. The van der Waals surface area contributed by atoms with Crippen molar-refractivity contribution in [2.75, 3.05) is 35.5 Å². The third-order valence-electron chi connectivity index (χ3n) is 5.63. The van der Waals surface area contributed by atoms with Crippen molar-refractivity contribution in [2.24, 2.45) is 0 Å². The van der Waals surface area contributed by atoms with Crippen LogP contribution < -0.4 is 23.7 Å². The van der Waals surface area contributed by atoms with Gasteiger partial charge in [0.05, 0.1) is 35.5 Å². The number of ether oxygens (including phenoxy) is 5. The minimum absolute atomic E-state index is 0.0672. The van der Waals surface area contributed by atoms with E-state index in [1.165, 1.54) is 59.8 Å². The van der Waals surface area contributed by atoms with Gasteiger partial charge in [0.1, 0.15) is 11.3 Å². The standard InChI is InChI=1S/C26H24O9/c1-30-14-6-7-15-18(12-14)35-26(21(15)16-8-9-17(31-2)24(29)23(16)28)22(27)13-10-19(32-3)25(34-5)20(11-13)33-4/h6-12,28-29H,1-5H3. The van der Waals surface area contributed by atoms with Gasteiger partial charge in [-0.2, -0.15) is 0 Å². The van der Waals surface area contributed by atoms with Crippen molar-refractivity contribution in [3.63, 3.8) is 0 Å². The first kappa shape index (κ1) is 23.6. The summed E-state index contributed by atoms with van der Waals surface area (Å²) in [4.78, 5) is 13.8. The average Bonchev–Trinajstić information content (AvgIpc) is 3.27. The lowest BCUT2D eigenvalue weighted by atomic mass is 9.96. The predicted molar refractivity (Wildman–Crippen MR) is 128 cm³/mol. The largest absolute Gasteiger partial charge is 0.504 e. The summed E-state index contributed by atoms with van der Waals surface area (Å²) in [6.45, 7) is 0. The number of carbonyl (C=O) groups is 1. The molecule has 182 valence electrons. The van der Waals surface area contributed by atoms with Crippen molar-refractivity contribution in [1.82, 2.24) is 0 Å². The molecule has 35 heavy (non-hydrogen) atoms. The quantitative estimate of drug-likeness (QED) is 0.271. The number of hydrogen-bond acceptors (Lipinski definition) is 9. The molecule has 4 rings (SSSR count). The Bertz CT molecular complexity index is 1390. The molecule has 0 aliphatic carbocycles. The Morgan fingerprint density at radius 3 is 1.97 bits per heavy atom. The van der Waals surface area contributed by atoms with Gasteiger partial charge >= 0.3 is 0 Å². The summed E-state index contributed by atoms with van der Waals surface area (Å²) in [5, 5.41) is 21.7. The van der Waals surface area contributed by atoms with Crippen molar-refractivity contribution >= 4 is 16.8 Å². The van der Waals surface area contributed by atoms with Crippen LogP contribution in [-0.4, -0.2) is 51.5 Å². The number of rotatable bonds is 8. The number of carbonyl (C=O) groups excluding carboxylic acids is 1. The van der Waals surface area contributed by atoms with Crippen LogP contribution in [0.5, 0.6) is 40.2 Å². The lowest BCUT2D eigenvalue weighted by Gasteiger charge is -2.14. The highest BCUT2D eigenvalue weighted by atomic mass is 16.5. The third kappa shape index (κ3) is 3.90. The topological polar surface area (TPSA) is 117 Å². The number of furan rings is 1. The summed E-state index contributed by atoms with van der Waals surface area (Å²) in [7, 11) is 7.24. The van der Waals surface area contributed by atoms with Crippen LogP contribution in [0, 0.1) is 0 Å². The number of fused-ring (bicyclic) bond motifs is 1. The molecule has 1 aromatic heterocycles. The zero-order valence-electron chi connectivity index (χ0n) is 19.8. The molecule has 0 bridgehead atoms. The molecule has 0 unspecified atom stereocenters. The number of methoxy groups -OCH3 is 5. The lowest BCUT2D eigenvalue weighted by molar-refractivity contribution is 0.101. The highest BCUT2D eigenvalue weighted by molar-refractivity contribution is 6.16. The van der Waals surface area contributed by atoms with Crippen molar-refractivity contribution in [2.45, 2.75) is 0 Å². The minimum Gasteiger partial charge on any atom is -0.504 e. The van der Waals surface area contributed by atoms with E-state index in [-0.39, 0.29) is 28.2 Å². The molecule has 0 atom stereocenters. The monoisotopic (exact) mass is 480 g/mol. The van der Waals surface area contributed by atoms with Gasteiger partial charge in [-0.1, -0.05) is 0 Å². The number of hydrogen-bond donors (Lipinski definition) is 2. The van der Waals surface area contributed by atoms with E-state index in [1.54, 1.807) is 18.2 Å². The van der Waals surface area contributed by atoms with Gasteiger partial charge in [-0.15, -0.1) is 0 Å². The van der Waals surface area contributed by atoms with Crippen molar-refractivity contribution in [3.8, 4) is 51.4 Å². The summed E-state index contributed by atoms with van der Waals surface area (Å²) in [5.41, 5.74) is 1.02. The fourth-order valence-electron chi connectivity index (χ4n) is 3.90. The highest BCUT2D eigenvalue weighted by Crippen LogP contribution is 2.48. The van der Waals surface area contributed by atoms with Crippen molar-refractivity contribution in [1.29, 1.82) is 0 Å². The maximum atomic E-state index is 13.8. The van der Waals surface area contributed by atoms with Gasteiger partial charge in [0.2, 0.25) is 17.3 Å². The summed E-state index contributed by atoms with van der Waals surface area (Å²) < 4.78 is 32.5. The van der Waals surface area contributed by atoms with E-state index in [0.717, 1.165) is 0 Å². The van der Waals surface area contributed by atoms with Crippen LogP contribution in [0.2, 0.25) is 0 Å². The molecule has 0 radical (unpaired) electrons. The average molecular weight is 480 g/mol. The first-order valence-electron chi connectivity index (χ1n) is 10.4. The number of benzene rings is 3. The molecular formula is C26H24O9. The Morgan fingerprint density at radius 2 is 1.40 bits per heavy atom. The predicted octanol–water partition coefficient (Wildman–Crippen LogP) is 4.79. The second kappa shape index (κ2) is 9.38. The highest BCUT2D eigenvalue weighted by Gasteiger charge is 2.28. The molecule has 0 saturated heterocycles. The molecular weight excluding hydrogens is 456 g/mol. The molecule has 2 N–H and O–H groups in total. The molecule has 3 aromatic carbocycles. The summed E-state index contributed by atoms with van der Waals surface area (Å²) in [6, 6.07) is 11.1. The molecule has 1 heterocycles. The van der Waals surface area contributed by atoms with E-state index in [9.17, 15) is 15.0 Å². The molecule has 9 nitrogen and oxygen atoms in total. The van der Waals surface area contributed by atoms with E-state index in [0.29, 0.717) is 34.0 Å². The first-order valence-corrected chi connectivity index (χ1v) is 10.4. The van der Waals surface area contributed by atoms with Gasteiger partial charge in [0, 0.05) is 28.1 Å². The Labute approximate surface area is 201 Å². The van der Waals surface area contributed by atoms with Gasteiger partial charge in [0.15, 0.2) is 28.8 Å². The number of aromatic hydroxyl groups is 2. The molecule has 0 spiro atoms. The van der Waals surface area contributed by atoms with Gasteiger partial charge < -0.3 is 38.3 Å². The van der Waals surface area contributed by atoms with E-state index in [2.05, 4.69) is 0 Å². The van der Waals surface area contributed by atoms with Crippen LogP contribution in [0.15, 0.2) is 46.9 Å². The molecule has 4 aromatic rings. The fraction of sp³-hybridized carbons (Fsp3) is 0.192. The van der Waals surface area contributed by atoms with E-state index in [1.807, 2.05) is 0 Å². The van der Waals surface area contributed by atoms with Crippen LogP contribution in [0.25, 0.3) is 22.1 Å². The SMILES string of the molecule is COc1ccc2c(-c3ccc(OC)c(O)c3O)c(C(=O)c3cc(OC)c(OC)c(OC)c3)oc2c1. The number of phenols is 2. The summed E-state index contributed by atoms with van der Waals surface area (Å²) >= 11 is 0. The smallest absolute Gasteiger partial charge is 0.229 e. The number of phenolic OH excluding ortho intramolecular Hbond substituents is 2. The van der Waals surface area contributed by atoms with Crippen molar-refractivity contribution in [3.05, 3.63) is 53.8 Å². The third-order valence-corrected chi connectivity index (χ3v) is 5.63. The normalized spacial score (nSPS) is 10.8. The Morgan fingerprint density at radius 1 is 0.743 bits per heavy atom. The molecule has 0 saturated carbocycles.